The van der Waals surface area contributed by atoms with E-state index in [0.717, 1.165) is 16.3 Å². The van der Waals surface area contributed by atoms with Gasteiger partial charge >= 0.3 is 0 Å². The van der Waals surface area contributed by atoms with Crippen LogP contribution in [0.25, 0.3) is 21.5 Å². The summed E-state index contributed by atoms with van der Waals surface area (Å²) in [6.07, 6.45) is 0. The summed E-state index contributed by atoms with van der Waals surface area (Å²) < 4.78 is 0. The first-order valence-electron chi connectivity index (χ1n) is 6.78. The van der Waals surface area contributed by atoms with Gasteiger partial charge in [0.15, 0.2) is 5.12 Å². The van der Waals surface area contributed by atoms with Crippen LogP contribution in [0.3, 0.4) is 0 Å². The highest BCUT2D eigenvalue weighted by Gasteiger charge is 2.04. The number of fused-ring (bicyclic) bond motifs is 2. The summed E-state index contributed by atoms with van der Waals surface area (Å²) >= 11 is 1.25. The number of benzene rings is 3. The van der Waals surface area contributed by atoms with Gasteiger partial charge in [0.2, 0.25) is 0 Å². The summed E-state index contributed by atoms with van der Waals surface area (Å²) in [4.78, 5) is 11.0. The SMILES string of the molecule is CC(=O)SCC#Cc1c2ccccc2cc2ccccc12. The molecule has 0 bridgehead atoms. The highest BCUT2D eigenvalue weighted by Crippen LogP contribution is 2.27. The van der Waals surface area contributed by atoms with Crippen molar-refractivity contribution < 1.29 is 4.79 Å². The zero-order chi connectivity index (χ0) is 14.7. The Morgan fingerprint density at radius 3 is 2.14 bits per heavy atom. The standard InChI is InChI=1S/C19H14OS/c1-14(20)21-12-6-11-19-17-9-4-2-7-15(17)13-16-8-3-5-10-18(16)19/h2-5,7-10,13H,12H2,1H3. The summed E-state index contributed by atoms with van der Waals surface area (Å²) in [5.41, 5.74) is 1.05. The van der Waals surface area contributed by atoms with E-state index in [1.165, 1.54) is 22.5 Å². The number of carbonyl (C=O) groups is 1. The first-order valence-corrected chi connectivity index (χ1v) is 7.77. The number of carbonyl (C=O) groups excluding carboxylic acids is 1. The minimum absolute atomic E-state index is 0.104. The summed E-state index contributed by atoms with van der Waals surface area (Å²) in [5, 5.41) is 4.82. The van der Waals surface area contributed by atoms with Crippen LogP contribution < -0.4 is 0 Å². The molecule has 0 amide bonds. The fraction of sp³-hybridized carbons (Fsp3) is 0.105. The Hall–Kier alpha value is -2.24. The monoisotopic (exact) mass is 290 g/mol. The van der Waals surface area contributed by atoms with Crippen molar-refractivity contribution in [2.24, 2.45) is 0 Å². The van der Waals surface area contributed by atoms with Gasteiger partial charge < -0.3 is 0 Å². The van der Waals surface area contributed by atoms with Gasteiger partial charge in [0, 0.05) is 12.5 Å². The predicted molar refractivity (Wildman–Crippen MR) is 91.5 cm³/mol. The Morgan fingerprint density at radius 1 is 1.00 bits per heavy atom. The van der Waals surface area contributed by atoms with Crippen LogP contribution in [0, 0.1) is 11.8 Å². The van der Waals surface area contributed by atoms with E-state index < -0.39 is 0 Å². The maximum Gasteiger partial charge on any atom is 0.186 e. The second-order valence-corrected chi connectivity index (χ2v) is 5.93. The average molecular weight is 290 g/mol. The maximum absolute atomic E-state index is 11.0. The molecule has 0 saturated carbocycles. The van der Waals surface area contributed by atoms with Crippen molar-refractivity contribution in [2.75, 3.05) is 5.75 Å². The van der Waals surface area contributed by atoms with Crippen LogP contribution in [0.2, 0.25) is 0 Å². The lowest BCUT2D eigenvalue weighted by molar-refractivity contribution is -0.109. The van der Waals surface area contributed by atoms with Crippen LogP contribution >= 0.6 is 11.8 Å². The third kappa shape index (κ3) is 2.94. The van der Waals surface area contributed by atoms with Crippen molar-refractivity contribution >= 4 is 38.4 Å². The minimum Gasteiger partial charge on any atom is -0.288 e. The van der Waals surface area contributed by atoms with E-state index in [2.05, 4.69) is 42.2 Å². The molecule has 2 heteroatoms. The van der Waals surface area contributed by atoms with E-state index in [1.54, 1.807) is 6.92 Å². The van der Waals surface area contributed by atoms with Crippen LogP contribution in [0.1, 0.15) is 12.5 Å². The molecule has 3 aromatic rings. The molecule has 0 atom stereocenters. The van der Waals surface area contributed by atoms with E-state index in [4.69, 9.17) is 0 Å². The lowest BCUT2D eigenvalue weighted by atomic mass is 9.97. The summed E-state index contributed by atoms with van der Waals surface area (Å²) in [6, 6.07) is 18.8. The molecule has 3 aromatic carbocycles. The van der Waals surface area contributed by atoms with Gasteiger partial charge in [-0.25, -0.2) is 0 Å². The molecular weight excluding hydrogens is 276 g/mol. The number of hydrogen-bond acceptors (Lipinski definition) is 2. The molecule has 0 unspecified atom stereocenters. The molecule has 0 spiro atoms. The second kappa shape index (κ2) is 6.03. The quantitative estimate of drug-likeness (QED) is 0.480. The first kappa shape index (κ1) is 13.7. The number of thioether (sulfide) groups is 1. The van der Waals surface area contributed by atoms with Gasteiger partial charge in [-0.2, -0.15) is 0 Å². The lowest BCUT2D eigenvalue weighted by Crippen LogP contribution is -1.86. The molecule has 0 aliphatic heterocycles. The fourth-order valence-electron chi connectivity index (χ4n) is 2.41. The lowest BCUT2D eigenvalue weighted by Gasteiger charge is -2.06. The molecule has 21 heavy (non-hydrogen) atoms. The smallest absolute Gasteiger partial charge is 0.186 e. The van der Waals surface area contributed by atoms with Crippen LogP contribution in [-0.2, 0) is 4.79 Å². The number of rotatable bonds is 1. The maximum atomic E-state index is 11.0. The van der Waals surface area contributed by atoms with Crippen LogP contribution in [-0.4, -0.2) is 10.9 Å². The van der Waals surface area contributed by atoms with E-state index in [1.807, 2.05) is 24.3 Å². The first-order chi connectivity index (χ1) is 10.3. The fourth-order valence-corrected chi connectivity index (χ4v) is 2.76. The molecule has 1 nitrogen and oxygen atoms in total. The van der Waals surface area contributed by atoms with Gasteiger partial charge in [0.1, 0.15) is 0 Å². The molecule has 0 fully saturated rings. The zero-order valence-corrected chi connectivity index (χ0v) is 12.5. The molecule has 0 saturated heterocycles. The predicted octanol–water partition coefficient (Wildman–Crippen LogP) is 4.62. The molecule has 0 radical (unpaired) electrons. The van der Waals surface area contributed by atoms with Crippen molar-refractivity contribution in [3.8, 4) is 11.8 Å². The topological polar surface area (TPSA) is 17.1 Å². The Morgan fingerprint density at radius 2 is 1.57 bits per heavy atom. The third-order valence-electron chi connectivity index (χ3n) is 3.33. The Labute approximate surface area is 128 Å². The normalized spacial score (nSPS) is 10.3. The van der Waals surface area contributed by atoms with E-state index >= 15 is 0 Å². The number of hydrogen-bond donors (Lipinski definition) is 0. The van der Waals surface area contributed by atoms with Crippen molar-refractivity contribution in [1.82, 2.24) is 0 Å². The van der Waals surface area contributed by atoms with Crippen molar-refractivity contribution in [3.05, 3.63) is 60.2 Å². The molecule has 0 aliphatic carbocycles. The van der Waals surface area contributed by atoms with Gasteiger partial charge in [-0.3, -0.25) is 4.79 Å². The summed E-state index contributed by atoms with van der Waals surface area (Å²) in [6.45, 7) is 1.57. The average Bonchev–Trinajstić information content (AvgIpc) is 2.50. The highest BCUT2D eigenvalue weighted by atomic mass is 32.2. The Balaban J connectivity index is 2.18. The molecular formula is C19H14OS. The van der Waals surface area contributed by atoms with Crippen molar-refractivity contribution in [2.45, 2.75) is 6.92 Å². The van der Waals surface area contributed by atoms with Crippen LogP contribution in [0.5, 0.6) is 0 Å². The summed E-state index contributed by atoms with van der Waals surface area (Å²) in [7, 11) is 0. The van der Waals surface area contributed by atoms with Crippen molar-refractivity contribution in [1.29, 1.82) is 0 Å². The van der Waals surface area contributed by atoms with E-state index in [0.29, 0.717) is 5.75 Å². The van der Waals surface area contributed by atoms with Gasteiger partial charge in [-0.1, -0.05) is 72.1 Å². The largest absolute Gasteiger partial charge is 0.288 e. The van der Waals surface area contributed by atoms with Crippen molar-refractivity contribution in [3.63, 3.8) is 0 Å². The van der Waals surface area contributed by atoms with E-state index in [9.17, 15) is 4.79 Å². The molecule has 102 valence electrons. The van der Waals surface area contributed by atoms with Crippen LogP contribution in [0.15, 0.2) is 54.6 Å². The van der Waals surface area contributed by atoms with Gasteiger partial charge in [0.25, 0.3) is 0 Å². The Bertz CT molecular complexity index is 830. The second-order valence-electron chi connectivity index (χ2n) is 4.78. The minimum atomic E-state index is 0.104. The van der Waals surface area contributed by atoms with E-state index in [-0.39, 0.29) is 5.12 Å². The molecule has 0 aromatic heterocycles. The third-order valence-corrected chi connectivity index (χ3v) is 4.03. The van der Waals surface area contributed by atoms with Gasteiger partial charge in [-0.15, -0.1) is 0 Å². The van der Waals surface area contributed by atoms with Gasteiger partial charge in [0.05, 0.1) is 5.75 Å². The summed E-state index contributed by atoms with van der Waals surface area (Å²) in [5.74, 6) is 6.91. The highest BCUT2D eigenvalue weighted by molar-refractivity contribution is 8.13. The Kier molecular flexibility index (Phi) is 3.94. The molecule has 0 N–H and O–H groups in total. The molecule has 3 rings (SSSR count). The zero-order valence-electron chi connectivity index (χ0n) is 11.7. The van der Waals surface area contributed by atoms with Crippen LogP contribution in [0.4, 0.5) is 0 Å². The van der Waals surface area contributed by atoms with Gasteiger partial charge in [-0.05, 0) is 27.6 Å². The molecule has 0 aliphatic rings. The molecule has 0 heterocycles.